The predicted molar refractivity (Wildman–Crippen MR) is 72.4 cm³/mol. The zero-order valence-corrected chi connectivity index (χ0v) is 11.3. The van der Waals surface area contributed by atoms with Gasteiger partial charge in [-0.3, -0.25) is 0 Å². The Kier molecular flexibility index (Phi) is 5.15. The first-order chi connectivity index (χ1) is 8.37. The number of rotatable bonds is 5. The molecule has 0 saturated carbocycles. The van der Waals surface area contributed by atoms with Gasteiger partial charge >= 0.3 is 6.03 Å². The van der Waals surface area contributed by atoms with E-state index in [1.165, 1.54) is 6.26 Å². The molecule has 0 unspecified atom stereocenters. The summed E-state index contributed by atoms with van der Waals surface area (Å²) in [4.78, 5) is 11.6. The normalized spacial score (nSPS) is 12.8. The van der Waals surface area contributed by atoms with E-state index in [0.717, 1.165) is 0 Å². The molecule has 5 nitrogen and oxygen atoms in total. The standard InChI is InChI=1S/C12H18N2O3S/c1-10(8-9-18(2,16)17)13-12(15)14-11-6-4-3-5-7-11/h3-7,10H,8-9H2,1-2H3,(H2,13,14,15)/t10-/m0/s1. The minimum absolute atomic E-state index is 0.0692. The van der Waals surface area contributed by atoms with Gasteiger partial charge in [0, 0.05) is 18.0 Å². The number of hydrogen-bond donors (Lipinski definition) is 2. The van der Waals surface area contributed by atoms with E-state index in [0.29, 0.717) is 12.1 Å². The van der Waals surface area contributed by atoms with Crippen molar-refractivity contribution in [1.82, 2.24) is 5.32 Å². The average molecular weight is 270 g/mol. The molecule has 0 aliphatic heterocycles. The molecule has 1 atom stereocenters. The number of para-hydroxylation sites is 1. The van der Waals surface area contributed by atoms with Crippen LogP contribution in [0.2, 0.25) is 0 Å². The molecule has 0 aliphatic carbocycles. The molecular formula is C12H18N2O3S. The van der Waals surface area contributed by atoms with E-state index >= 15 is 0 Å². The Morgan fingerprint density at radius 1 is 1.28 bits per heavy atom. The molecule has 6 heteroatoms. The largest absolute Gasteiger partial charge is 0.335 e. The Morgan fingerprint density at radius 2 is 1.89 bits per heavy atom. The van der Waals surface area contributed by atoms with E-state index in [1.807, 2.05) is 18.2 Å². The first-order valence-electron chi connectivity index (χ1n) is 5.67. The molecule has 1 aromatic carbocycles. The van der Waals surface area contributed by atoms with Crippen LogP contribution in [0.25, 0.3) is 0 Å². The van der Waals surface area contributed by atoms with Crippen molar-refractivity contribution in [3.8, 4) is 0 Å². The highest BCUT2D eigenvalue weighted by molar-refractivity contribution is 7.90. The third-order valence-electron chi connectivity index (χ3n) is 2.33. The monoisotopic (exact) mass is 270 g/mol. The fourth-order valence-corrected chi connectivity index (χ4v) is 2.16. The zero-order valence-electron chi connectivity index (χ0n) is 10.5. The van der Waals surface area contributed by atoms with Gasteiger partial charge in [0.1, 0.15) is 9.84 Å². The lowest BCUT2D eigenvalue weighted by atomic mass is 10.3. The summed E-state index contributed by atoms with van der Waals surface area (Å²) in [7, 11) is -2.99. The summed E-state index contributed by atoms with van der Waals surface area (Å²) in [6.45, 7) is 1.77. The van der Waals surface area contributed by atoms with Crippen molar-refractivity contribution in [1.29, 1.82) is 0 Å². The van der Waals surface area contributed by atoms with E-state index in [2.05, 4.69) is 10.6 Å². The van der Waals surface area contributed by atoms with E-state index in [9.17, 15) is 13.2 Å². The molecule has 0 spiro atoms. The van der Waals surface area contributed by atoms with Crippen molar-refractivity contribution >= 4 is 21.6 Å². The highest BCUT2D eigenvalue weighted by Crippen LogP contribution is 2.04. The third-order valence-corrected chi connectivity index (χ3v) is 3.31. The first-order valence-corrected chi connectivity index (χ1v) is 7.73. The van der Waals surface area contributed by atoms with Crippen LogP contribution in [-0.4, -0.2) is 32.5 Å². The lowest BCUT2D eigenvalue weighted by Gasteiger charge is -2.14. The minimum Gasteiger partial charge on any atom is -0.335 e. The van der Waals surface area contributed by atoms with Crippen LogP contribution < -0.4 is 10.6 Å². The van der Waals surface area contributed by atoms with Gasteiger partial charge in [0.15, 0.2) is 0 Å². The molecule has 0 aromatic heterocycles. The summed E-state index contributed by atoms with van der Waals surface area (Å²) in [6, 6.07) is 8.54. The molecule has 0 aliphatic rings. The fourth-order valence-electron chi connectivity index (χ4n) is 1.38. The van der Waals surface area contributed by atoms with Crippen LogP contribution in [0.3, 0.4) is 0 Å². The molecule has 100 valence electrons. The van der Waals surface area contributed by atoms with Crippen molar-refractivity contribution in [2.24, 2.45) is 0 Å². The summed E-state index contributed by atoms with van der Waals surface area (Å²) in [6.07, 6.45) is 1.59. The van der Waals surface area contributed by atoms with Crippen LogP contribution in [0.15, 0.2) is 30.3 Å². The average Bonchev–Trinajstić information content (AvgIpc) is 2.26. The van der Waals surface area contributed by atoms with Crippen LogP contribution in [0, 0.1) is 0 Å². The molecule has 0 saturated heterocycles. The summed E-state index contributed by atoms with van der Waals surface area (Å²) in [5, 5.41) is 5.36. The summed E-state index contributed by atoms with van der Waals surface area (Å²) in [5.74, 6) is 0.0692. The maximum Gasteiger partial charge on any atom is 0.319 e. The Hall–Kier alpha value is -1.56. The van der Waals surface area contributed by atoms with Crippen molar-refractivity contribution in [2.75, 3.05) is 17.3 Å². The van der Waals surface area contributed by atoms with Crippen LogP contribution in [0.1, 0.15) is 13.3 Å². The van der Waals surface area contributed by atoms with Crippen molar-refractivity contribution in [2.45, 2.75) is 19.4 Å². The first kappa shape index (κ1) is 14.5. The number of urea groups is 1. The Bertz CT molecular complexity index is 485. The number of sulfone groups is 1. The number of hydrogen-bond acceptors (Lipinski definition) is 3. The van der Waals surface area contributed by atoms with Crippen LogP contribution >= 0.6 is 0 Å². The van der Waals surface area contributed by atoms with Gasteiger partial charge in [-0.2, -0.15) is 0 Å². The van der Waals surface area contributed by atoms with E-state index in [4.69, 9.17) is 0 Å². The second kappa shape index (κ2) is 6.39. The highest BCUT2D eigenvalue weighted by atomic mass is 32.2. The Balaban J connectivity index is 2.36. The fraction of sp³-hybridized carbons (Fsp3) is 0.417. The Labute approximate surface area is 108 Å². The summed E-state index contributed by atoms with van der Waals surface area (Å²) in [5.41, 5.74) is 0.699. The molecule has 1 aromatic rings. The Morgan fingerprint density at radius 3 is 2.44 bits per heavy atom. The highest BCUT2D eigenvalue weighted by Gasteiger charge is 2.10. The number of carbonyl (C=O) groups excluding carboxylic acids is 1. The smallest absolute Gasteiger partial charge is 0.319 e. The van der Waals surface area contributed by atoms with Crippen LogP contribution in [0.4, 0.5) is 10.5 Å². The molecule has 1 rings (SSSR count). The molecule has 0 radical (unpaired) electrons. The van der Waals surface area contributed by atoms with Gasteiger partial charge in [0.2, 0.25) is 0 Å². The number of amides is 2. The van der Waals surface area contributed by atoms with E-state index in [-0.39, 0.29) is 17.8 Å². The molecular weight excluding hydrogens is 252 g/mol. The predicted octanol–water partition coefficient (Wildman–Crippen LogP) is 1.63. The van der Waals surface area contributed by atoms with Gasteiger partial charge in [0.05, 0.1) is 5.75 Å². The number of benzene rings is 1. The van der Waals surface area contributed by atoms with E-state index < -0.39 is 9.84 Å². The lowest BCUT2D eigenvalue weighted by Crippen LogP contribution is -2.37. The number of nitrogens with one attached hydrogen (secondary N) is 2. The van der Waals surface area contributed by atoms with Gasteiger partial charge in [-0.05, 0) is 25.5 Å². The van der Waals surface area contributed by atoms with Crippen LogP contribution in [-0.2, 0) is 9.84 Å². The number of anilines is 1. The van der Waals surface area contributed by atoms with Crippen LogP contribution in [0.5, 0.6) is 0 Å². The molecule has 18 heavy (non-hydrogen) atoms. The van der Waals surface area contributed by atoms with Crippen molar-refractivity contribution < 1.29 is 13.2 Å². The second-order valence-electron chi connectivity index (χ2n) is 4.28. The maximum atomic E-state index is 11.6. The minimum atomic E-state index is -2.99. The molecule has 0 fully saturated rings. The van der Waals surface area contributed by atoms with Gasteiger partial charge in [0.25, 0.3) is 0 Å². The lowest BCUT2D eigenvalue weighted by molar-refractivity contribution is 0.249. The quantitative estimate of drug-likeness (QED) is 0.854. The summed E-state index contributed by atoms with van der Waals surface area (Å²) < 4.78 is 22.0. The zero-order chi connectivity index (χ0) is 13.6. The molecule has 2 amide bonds. The topological polar surface area (TPSA) is 75.3 Å². The second-order valence-corrected chi connectivity index (χ2v) is 6.54. The molecule has 2 N–H and O–H groups in total. The van der Waals surface area contributed by atoms with E-state index in [1.54, 1.807) is 19.1 Å². The van der Waals surface area contributed by atoms with Gasteiger partial charge in [-0.1, -0.05) is 18.2 Å². The van der Waals surface area contributed by atoms with Gasteiger partial charge in [-0.25, -0.2) is 13.2 Å². The van der Waals surface area contributed by atoms with Gasteiger partial charge < -0.3 is 10.6 Å². The third kappa shape index (κ3) is 6.24. The maximum absolute atomic E-state index is 11.6. The number of carbonyl (C=O) groups is 1. The summed E-state index contributed by atoms with van der Waals surface area (Å²) >= 11 is 0. The van der Waals surface area contributed by atoms with Crippen molar-refractivity contribution in [3.05, 3.63) is 30.3 Å². The molecule has 0 heterocycles. The van der Waals surface area contributed by atoms with Gasteiger partial charge in [-0.15, -0.1) is 0 Å². The van der Waals surface area contributed by atoms with Crippen molar-refractivity contribution in [3.63, 3.8) is 0 Å². The molecule has 0 bridgehead atoms. The SMILES string of the molecule is C[C@@H](CCS(C)(=O)=O)NC(=O)Nc1ccccc1.